The van der Waals surface area contributed by atoms with Crippen molar-refractivity contribution in [2.24, 2.45) is 5.92 Å². The Morgan fingerprint density at radius 1 is 1.19 bits per heavy atom. The van der Waals surface area contributed by atoms with Gasteiger partial charge in [-0.1, -0.05) is 43.3 Å². The van der Waals surface area contributed by atoms with Crippen LogP contribution in [0.5, 0.6) is 5.75 Å². The van der Waals surface area contributed by atoms with E-state index in [4.69, 9.17) is 0 Å². The number of aromatic amines is 1. The molecule has 226 valence electrons. The van der Waals surface area contributed by atoms with Gasteiger partial charge in [-0.15, -0.1) is 0 Å². The number of carbonyl (C=O) groups is 3. The van der Waals surface area contributed by atoms with Crippen LogP contribution >= 0.6 is 0 Å². The number of nitrogens with one attached hydrogen (secondary N) is 4. The molecule has 0 bridgehead atoms. The Morgan fingerprint density at radius 2 is 1.98 bits per heavy atom. The first-order valence-corrected chi connectivity index (χ1v) is 14.4. The van der Waals surface area contributed by atoms with Crippen molar-refractivity contribution in [3.05, 3.63) is 65.9 Å². The number of amides is 3. The fourth-order valence-corrected chi connectivity index (χ4v) is 6.10. The number of H-pyrrole nitrogens is 1. The Kier molecular flexibility index (Phi) is 9.21. The maximum absolute atomic E-state index is 13.9. The van der Waals surface area contributed by atoms with E-state index in [1.807, 2.05) is 37.3 Å². The van der Waals surface area contributed by atoms with Crippen molar-refractivity contribution >= 4 is 28.6 Å². The molecule has 10 nitrogen and oxygen atoms in total. The Hall–Kier alpha value is -4.50. The van der Waals surface area contributed by atoms with Gasteiger partial charge in [-0.2, -0.15) is 14.0 Å². The zero-order chi connectivity index (χ0) is 30.5. The molecule has 12 heteroatoms. The number of hydrogen-bond acceptors (Lipinski definition) is 6. The average Bonchev–Trinajstić information content (AvgIpc) is 3.74. The summed E-state index contributed by atoms with van der Waals surface area (Å²) in [5.41, 5.74) is 1.55. The van der Waals surface area contributed by atoms with Crippen LogP contribution in [0.2, 0.25) is 0 Å². The number of fused-ring (bicyclic) bond motifs is 1. The molecule has 43 heavy (non-hydrogen) atoms. The number of nitriles is 1. The number of hydrogen-bond donors (Lipinski definition) is 4. The first kappa shape index (κ1) is 30.0. The molecule has 0 saturated carbocycles. The molecule has 3 amide bonds. The highest BCUT2D eigenvalue weighted by Crippen LogP contribution is 2.35. The van der Waals surface area contributed by atoms with Crippen molar-refractivity contribution in [3.8, 4) is 11.8 Å². The van der Waals surface area contributed by atoms with E-state index in [1.54, 1.807) is 12.1 Å². The van der Waals surface area contributed by atoms with Crippen molar-refractivity contribution in [1.82, 2.24) is 25.8 Å². The number of nitrogens with zero attached hydrogens (tertiary/aromatic N) is 2. The number of aromatic nitrogens is 1. The minimum atomic E-state index is -3.03. The molecule has 2 aliphatic rings. The molecule has 5 unspecified atom stereocenters. The van der Waals surface area contributed by atoms with Crippen LogP contribution in [0.4, 0.5) is 8.78 Å². The van der Waals surface area contributed by atoms with Crippen LogP contribution in [0.3, 0.4) is 0 Å². The van der Waals surface area contributed by atoms with Gasteiger partial charge < -0.3 is 30.6 Å². The molecule has 5 rings (SSSR count). The summed E-state index contributed by atoms with van der Waals surface area (Å²) in [6, 6.07) is 15.6. The van der Waals surface area contributed by atoms with Crippen molar-refractivity contribution < 1.29 is 27.9 Å². The molecule has 2 fully saturated rings. The second kappa shape index (κ2) is 13.2. The Morgan fingerprint density at radius 3 is 2.65 bits per heavy atom. The fraction of sp³-hybridized carbons (Fsp3) is 0.419. The summed E-state index contributed by atoms with van der Waals surface area (Å²) in [5.74, 6) is -1.54. The maximum atomic E-state index is 13.9. The minimum absolute atomic E-state index is 0.0644. The summed E-state index contributed by atoms with van der Waals surface area (Å²) >= 11 is 0. The van der Waals surface area contributed by atoms with Crippen molar-refractivity contribution in [3.63, 3.8) is 0 Å². The third-order valence-electron chi connectivity index (χ3n) is 8.20. The summed E-state index contributed by atoms with van der Waals surface area (Å²) in [6.07, 6.45) is 1.23. The lowest BCUT2D eigenvalue weighted by Gasteiger charge is -2.29. The molecule has 4 N–H and O–H groups in total. The number of rotatable bonds is 11. The number of carbonyl (C=O) groups excluding carboxylic acids is 3. The number of benzene rings is 2. The van der Waals surface area contributed by atoms with E-state index in [2.05, 4.69) is 31.7 Å². The predicted octanol–water partition coefficient (Wildman–Crippen LogP) is 3.28. The van der Waals surface area contributed by atoms with Crippen LogP contribution in [-0.4, -0.2) is 72.0 Å². The highest BCUT2D eigenvalue weighted by molar-refractivity contribution is 6.02. The lowest BCUT2D eigenvalue weighted by atomic mass is 9.93. The Bertz CT molecular complexity index is 1510. The van der Waals surface area contributed by atoms with Crippen molar-refractivity contribution in [2.75, 3.05) is 19.6 Å². The van der Waals surface area contributed by atoms with Gasteiger partial charge >= 0.3 is 6.61 Å². The molecular weight excluding hydrogens is 558 g/mol. The highest BCUT2D eigenvalue weighted by Gasteiger charge is 2.42. The van der Waals surface area contributed by atoms with Crippen molar-refractivity contribution in [1.29, 1.82) is 5.26 Å². The van der Waals surface area contributed by atoms with E-state index in [-0.39, 0.29) is 42.2 Å². The van der Waals surface area contributed by atoms with Gasteiger partial charge in [0.1, 0.15) is 23.5 Å². The molecule has 0 aliphatic carbocycles. The summed E-state index contributed by atoms with van der Waals surface area (Å²) in [7, 11) is 0. The standard InChI is InChI=1S/C31H34F2N6O4/c1-2-35-25(16-34)23(13-19-11-12-36-28(19)40)38-29(41)26-14-20(18-7-4-3-5-8-18)17-39(26)30(42)24-15-21-22(37-24)9-6-10-27(21)43-31(32)33/h3-10,15,19-20,23,25-26,31,35,37H,2,11-14,17H2,1H3,(H,36,40)(H,38,41). The minimum Gasteiger partial charge on any atom is -0.434 e. The third kappa shape index (κ3) is 6.62. The van der Waals surface area contributed by atoms with Crippen LogP contribution in [0, 0.1) is 17.2 Å². The summed E-state index contributed by atoms with van der Waals surface area (Å²) in [5, 5.41) is 19.1. The largest absolute Gasteiger partial charge is 0.434 e. The number of ether oxygens (including phenoxy) is 1. The number of likely N-dealkylation sites (tertiary alicyclic amines) is 1. The zero-order valence-corrected chi connectivity index (χ0v) is 23.7. The number of likely N-dealkylation sites (N-methyl/N-ethyl adjacent to an activating group) is 1. The van der Waals surface area contributed by atoms with Gasteiger partial charge in [-0.25, -0.2) is 0 Å². The first-order valence-electron chi connectivity index (χ1n) is 14.4. The molecule has 1 aromatic heterocycles. The van der Waals surface area contributed by atoms with Crippen LogP contribution in [0.1, 0.15) is 48.2 Å². The lowest BCUT2D eigenvalue weighted by Crippen LogP contribution is -2.55. The molecule has 2 saturated heterocycles. The van der Waals surface area contributed by atoms with Crippen LogP contribution in [0.15, 0.2) is 54.6 Å². The van der Waals surface area contributed by atoms with E-state index in [1.165, 1.54) is 17.0 Å². The van der Waals surface area contributed by atoms with Gasteiger partial charge in [-0.05, 0) is 49.6 Å². The number of halogens is 2. The van der Waals surface area contributed by atoms with E-state index in [9.17, 15) is 28.4 Å². The smallest absolute Gasteiger partial charge is 0.387 e. The first-order chi connectivity index (χ1) is 20.8. The molecular formula is C31H34F2N6O4. The summed E-state index contributed by atoms with van der Waals surface area (Å²) in [4.78, 5) is 44.7. The molecule has 2 aliphatic heterocycles. The molecule has 3 heterocycles. The van der Waals surface area contributed by atoms with Crippen molar-refractivity contribution in [2.45, 2.75) is 56.8 Å². The molecule has 0 radical (unpaired) electrons. The molecule has 5 atom stereocenters. The second-order valence-corrected chi connectivity index (χ2v) is 10.9. The molecule has 0 spiro atoms. The van der Waals surface area contributed by atoms with Gasteiger partial charge in [0.2, 0.25) is 11.8 Å². The number of alkyl halides is 2. The van der Waals surface area contributed by atoms with Gasteiger partial charge in [0.15, 0.2) is 0 Å². The second-order valence-electron chi connectivity index (χ2n) is 10.9. The van der Waals surface area contributed by atoms with Gasteiger partial charge in [0.25, 0.3) is 5.91 Å². The average molecular weight is 593 g/mol. The summed E-state index contributed by atoms with van der Waals surface area (Å²) < 4.78 is 30.6. The van der Waals surface area contributed by atoms with Gasteiger partial charge in [0, 0.05) is 35.8 Å². The zero-order valence-electron chi connectivity index (χ0n) is 23.7. The predicted molar refractivity (Wildman–Crippen MR) is 154 cm³/mol. The third-order valence-corrected chi connectivity index (χ3v) is 8.20. The fourth-order valence-electron chi connectivity index (χ4n) is 6.10. The Balaban J connectivity index is 1.44. The maximum Gasteiger partial charge on any atom is 0.387 e. The van der Waals surface area contributed by atoms with Crippen LogP contribution < -0.4 is 20.7 Å². The van der Waals surface area contributed by atoms with E-state index in [0.29, 0.717) is 36.8 Å². The normalized spacial score (nSPS) is 21.4. The summed E-state index contributed by atoms with van der Waals surface area (Å²) in [6.45, 7) is 0.108. The lowest BCUT2D eigenvalue weighted by molar-refractivity contribution is -0.127. The Labute approximate surface area is 247 Å². The van der Waals surface area contributed by atoms with Crippen LogP contribution in [0.25, 0.3) is 10.9 Å². The van der Waals surface area contributed by atoms with E-state index in [0.717, 1.165) is 5.56 Å². The monoisotopic (exact) mass is 592 g/mol. The SMILES string of the molecule is CCNC(C#N)C(CC1CCNC1=O)NC(=O)C1CC(c2ccccc2)CN1C(=O)c1cc2c(OC(F)F)cccc2[nH]1. The van der Waals surface area contributed by atoms with Gasteiger partial charge in [-0.3, -0.25) is 14.4 Å². The van der Waals surface area contributed by atoms with E-state index >= 15 is 0 Å². The quantitative estimate of drug-likeness (QED) is 0.270. The topological polar surface area (TPSA) is 139 Å². The molecule has 2 aromatic carbocycles. The van der Waals surface area contributed by atoms with E-state index < -0.39 is 36.6 Å². The van der Waals surface area contributed by atoms with Crippen LogP contribution in [-0.2, 0) is 9.59 Å². The van der Waals surface area contributed by atoms with Gasteiger partial charge in [0.05, 0.1) is 12.1 Å². The highest BCUT2D eigenvalue weighted by atomic mass is 19.3. The molecule has 3 aromatic rings.